The molecule has 1 amide bonds. The number of nitrogens with zero attached hydrogens (tertiary/aromatic N) is 5. The Morgan fingerprint density at radius 3 is 2.73 bits per heavy atom. The van der Waals surface area contributed by atoms with Crippen molar-refractivity contribution in [3.63, 3.8) is 0 Å². The molecule has 3 aromatic heterocycles. The maximum atomic E-state index is 14.3. The number of pyridine rings is 1. The van der Waals surface area contributed by atoms with E-state index in [4.69, 9.17) is 0 Å². The summed E-state index contributed by atoms with van der Waals surface area (Å²) < 4.78 is 15.7. The van der Waals surface area contributed by atoms with Crippen LogP contribution >= 0.6 is 11.8 Å². The molecule has 3 heterocycles. The molecule has 0 aliphatic heterocycles. The number of hydrogen-bond acceptors (Lipinski definition) is 7. The summed E-state index contributed by atoms with van der Waals surface area (Å²) in [5.41, 5.74) is 1.71. The van der Waals surface area contributed by atoms with Crippen molar-refractivity contribution < 1.29 is 14.0 Å². The number of fused-ring (bicyclic) bond motifs is 1. The minimum absolute atomic E-state index is 0.105. The maximum absolute atomic E-state index is 14.3. The van der Waals surface area contributed by atoms with Gasteiger partial charge in [0.1, 0.15) is 5.82 Å². The van der Waals surface area contributed by atoms with Crippen molar-refractivity contribution in [2.75, 3.05) is 11.1 Å². The summed E-state index contributed by atoms with van der Waals surface area (Å²) in [6, 6.07) is 9.24. The number of hydrogen-bond donors (Lipinski definition) is 1. The van der Waals surface area contributed by atoms with Gasteiger partial charge in [-0.05, 0) is 43.3 Å². The Labute approximate surface area is 174 Å². The molecule has 0 radical (unpaired) electrons. The van der Waals surface area contributed by atoms with Gasteiger partial charge in [-0.1, -0.05) is 11.8 Å². The zero-order valence-corrected chi connectivity index (χ0v) is 16.6. The molecule has 4 aromatic rings. The highest BCUT2D eigenvalue weighted by Gasteiger charge is 2.13. The molecular weight excluding hydrogens is 407 g/mol. The van der Waals surface area contributed by atoms with Crippen LogP contribution in [-0.4, -0.2) is 42.0 Å². The van der Waals surface area contributed by atoms with Crippen molar-refractivity contribution >= 4 is 35.0 Å². The highest BCUT2D eigenvalue weighted by molar-refractivity contribution is 7.99. The second kappa shape index (κ2) is 8.37. The van der Waals surface area contributed by atoms with Crippen LogP contribution in [0.3, 0.4) is 0 Å². The number of carbonyl (C=O) groups is 2. The van der Waals surface area contributed by atoms with E-state index in [1.807, 2.05) is 0 Å². The van der Waals surface area contributed by atoms with Crippen molar-refractivity contribution in [1.29, 1.82) is 0 Å². The number of nitrogens with one attached hydrogen (secondary N) is 1. The molecule has 0 saturated carbocycles. The van der Waals surface area contributed by atoms with E-state index in [1.54, 1.807) is 36.8 Å². The molecule has 4 rings (SSSR count). The van der Waals surface area contributed by atoms with E-state index < -0.39 is 5.82 Å². The van der Waals surface area contributed by atoms with E-state index in [9.17, 15) is 14.0 Å². The number of amides is 1. The Morgan fingerprint density at radius 1 is 1.17 bits per heavy atom. The van der Waals surface area contributed by atoms with Crippen molar-refractivity contribution in [2.45, 2.75) is 12.1 Å². The molecule has 30 heavy (non-hydrogen) atoms. The van der Waals surface area contributed by atoms with Crippen molar-refractivity contribution in [2.24, 2.45) is 0 Å². The predicted octanol–water partition coefficient (Wildman–Crippen LogP) is 3.26. The van der Waals surface area contributed by atoms with Gasteiger partial charge in [0.25, 0.3) is 0 Å². The first-order valence-electron chi connectivity index (χ1n) is 8.86. The Bertz CT molecular complexity index is 1240. The Kier molecular flexibility index (Phi) is 5.48. The van der Waals surface area contributed by atoms with Gasteiger partial charge < -0.3 is 0 Å². The second-order valence-electron chi connectivity index (χ2n) is 6.27. The highest BCUT2D eigenvalue weighted by Crippen LogP contribution is 2.25. The molecule has 10 heteroatoms. The smallest absolute Gasteiger partial charge is 0.249 e. The second-order valence-corrected chi connectivity index (χ2v) is 7.22. The standard InChI is InChI=1S/C20H15FN6O2S/c1-12(28)13-3-5-16(21)15(9-13)14-4-6-17-24-19(26-27(17)10-14)25-18(29)11-30-20-22-7-2-8-23-20/h2-10H,11H2,1H3,(H,25,26,29). The molecule has 0 bridgehead atoms. The predicted molar refractivity (Wildman–Crippen MR) is 110 cm³/mol. The van der Waals surface area contributed by atoms with Gasteiger partial charge in [0.15, 0.2) is 16.6 Å². The number of Topliss-reactive ketones (excluding diaryl/α,β-unsaturated/α-hetero) is 1. The summed E-state index contributed by atoms with van der Waals surface area (Å²) in [5, 5.41) is 7.34. The van der Waals surface area contributed by atoms with Crippen LogP contribution in [-0.2, 0) is 4.79 Å². The molecule has 0 fully saturated rings. The third-order valence-corrected chi connectivity index (χ3v) is 5.02. The molecule has 0 unspecified atom stereocenters. The number of carbonyl (C=O) groups excluding carboxylic acids is 2. The number of halogens is 1. The summed E-state index contributed by atoms with van der Waals surface area (Å²) in [7, 11) is 0. The molecule has 0 saturated heterocycles. The van der Waals surface area contributed by atoms with Crippen LogP contribution in [0.25, 0.3) is 16.8 Å². The number of rotatable bonds is 6. The fourth-order valence-electron chi connectivity index (χ4n) is 2.71. The number of aromatic nitrogens is 5. The number of anilines is 1. The molecule has 150 valence electrons. The number of benzene rings is 1. The van der Waals surface area contributed by atoms with E-state index in [0.717, 1.165) is 0 Å². The normalized spacial score (nSPS) is 10.9. The van der Waals surface area contributed by atoms with Crippen LogP contribution in [0.4, 0.5) is 10.3 Å². The average molecular weight is 422 g/mol. The summed E-state index contributed by atoms with van der Waals surface area (Å²) in [6.07, 6.45) is 4.79. The molecule has 0 aliphatic rings. The first-order valence-corrected chi connectivity index (χ1v) is 9.85. The quantitative estimate of drug-likeness (QED) is 0.289. The fourth-order valence-corrected chi connectivity index (χ4v) is 3.31. The SMILES string of the molecule is CC(=O)c1ccc(F)c(-c2ccc3nc(NC(=O)CSc4ncccn4)nn3c2)c1. The van der Waals surface area contributed by atoms with E-state index in [-0.39, 0.29) is 29.0 Å². The van der Waals surface area contributed by atoms with E-state index >= 15 is 0 Å². The summed E-state index contributed by atoms with van der Waals surface area (Å²) >= 11 is 1.19. The van der Waals surface area contributed by atoms with Gasteiger partial charge in [-0.15, -0.1) is 5.10 Å². The van der Waals surface area contributed by atoms with Crippen LogP contribution in [0.5, 0.6) is 0 Å². The lowest BCUT2D eigenvalue weighted by Crippen LogP contribution is -2.15. The van der Waals surface area contributed by atoms with E-state index in [0.29, 0.717) is 21.9 Å². The van der Waals surface area contributed by atoms with Crippen molar-refractivity contribution in [1.82, 2.24) is 24.6 Å². The average Bonchev–Trinajstić information content (AvgIpc) is 3.14. The molecule has 1 aromatic carbocycles. The molecule has 0 atom stereocenters. The molecule has 8 nitrogen and oxygen atoms in total. The minimum Gasteiger partial charge on any atom is -0.295 e. The molecular formula is C20H15FN6O2S. The van der Waals surface area contributed by atoms with Crippen LogP contribution in [0.1, 0.15) is 17.3 Å². The topological polar surface area (TPSA) is 102 Å². The van der Waals surface area contributed by atoms with Gasteiger partial charge in [0.2, 0.25) is 11.9 Å². The van der Waals surface area contributed by atoms with Crippen molar-refractivity contribution in [3.8, 4) is 11.1 Å². The van der Waals surface area contributed by atoms with Gasteiger partial charge in [0.05, 0.1) is 5.75 Å². The lowest BCUT2D eigenvalue weighted by molar-refractivity contribution is -0.113. The molecule has 0 aliphatic carbocycles. The third-order valence-electron chi connectivity index (χ3n) is 4.14. The number of thioether (sulfide) groups is 1. The van der Waals surface area contributed by atoms with Crippen molar-refractivity contribution in [3.05, 3.63) is 66.4 Å². The van der Waals surface area contributed by atoms with Crippen LogP contribution in [0.15, 0.2) is 60.1 Å². The first kappa shape index (κ1) is 19.6. The van der Waals surface area contributed by atoms with Gasteiger partial charge in [-0.25, -0.2) is 18.9 Å². The lowest BCUT2D eigenvalue weighted by atomic mass is 10.0. The minimum atomic E-state index is -0.451. The van der Waals surface area contributed by atoms with Gasteiger partial charge in [-0.3, -0.25) is 14.9 Å². The van der Waals surface area contributed by atoms with Crippen LogP contribution in [0, 0.1) is 5.82 Å². The highest BCUT2D eigenvalue weighted by atomic mass is 32.2. The zero-order chi connectivity index (χ0) is 21.1. The van der Waals surface area contributed by atoms with Crippen LogP contribution < -0.4 is 5.32 Å². The largest absolute Gasteiger partial charge is 0.295 e. The van der Waals surface area contributed by atoms with E-state index in [1.165, 1.54) is 41.4 Å². The first-order chi connectivity index (χ1) is 14.5. The Hall–Kier alpha value is -3.66. The third kappa shape index (κ3) is 4.33. The lowest BCUT2D eigenvalue weighted by Gasteiger charge is -2.05. The maximum Gasteiger partial charge on any atom is 0.249 e. The zero-order valence-electron chi connectivity index (χ0n) is 15.7. The van der Waals surface area contributed by atoms with E-state index in [2.05, 4.69) is 25.4 Å². The van der Waals surface area contributed by atoms with Gasteiger partial charge in [0, 0.05) is 35.3 Å². The Balaban J connectivity index is 1.52. The Morgan fingerprint density at radius 2 is 1.97 bits per heavy atom. The van der Waals surface area contributed by atoms with Gasteiger partial charge in [-0.2, -0.15) is 4.98 Å². The molecule has 0 spiro atoms. The summed E-state index contributed by atoms with van der Waals surface area (Å²) in [5.74, 6) is -0.670. The molecule has 1 N–H and O–H groups in total. The number of ketones is 1. The van der Waals surface area contributed by atoms with Crippen LogP contribution in [0.2, 0.25) is 0 Å². The van der Waals surface area contributed by atoms with Gasteiger partial charge >= 0.3 is 0 Å². The fraction of sp³-hybridized carbons (Fsp3) is 0.100. The summed E-state index contributed by atoms with van der Waals surface area (Å²) in [6.45, 7) is 1.43. The summed E-state index contributed by atoms with van der Waals surface area (Å²) in [4.78, 5) is 36.1. The monoisotopic (exact) mass is 422 g/mol.